The summed E-state index contributed by atoms with van der Waals surface area (Å²) in [5, 5.41) is 9.45. The fourth-order valence-corrected chi connectivity index (χ4v) is 2.48. The molecule has 1 heterocycles. The van der Waals surface area contributed by atoms with E-state index in [2.05, 4.69) is 34.8 Å². The molecule has 0 spiro atoms. The smallest absolute Gasteiger partial charge is 0.251 e. The van der Waals surface area contributed by atoms with Crippen molar-refractivity contribution in [3.8, 4) is 0 Å². The molecule has 0 unspecified atom stereocenters. The highest BCUT2D eigenvalue weighted by Gasteiger charge is 2.07. The second-order valence-electron chi connectivity index (χ2n) is 6.77. The highest BCUT2D eigenvalue weighted by atomic mass is 16.3. The molecule has 0 aliphatic rings. The van der Waals surface area contributed by atoms with Gasteiger partial charge < -0.3 is 20.4 Å². The molecule has 27 heavy (non-hydrogen) atoms. The van der Waals surface area contributed by atoms with Gasteiger partial charge in [-0.25, -0.2) is 4.99 Å². The maximum atomic E-state index is 12.3. The fourth-order valence-electron chi connectivity index (χ4n) is 2.48. The molecule has 2 rings (SSSR count). The summed E-state index contributed by atoms with van der Waals surface area (Å²) >= 11 is 0. The third-order valence-corrected chi connectivity index (χ3v) is 3.97. The van der Waals surface area contributed by atoms with Crippen LogP contribution in [-0.4, -0.2) is 25.0 Å². The molecule has 3 N–H and O–H groups in total. The molecule has 0 bridgehead atoms. The summed E-state index contributed by atoms with van der Waals surface area (Å²) in [7, 11) is 0. The number of nitrogens with one attached hydrogen (secondary N) is 3. The van der Waals surface area contributed by atoms with Crippen LogP contribution in [0.25, 0.3) is 0 Å². The summed E-state index contributed by atoms with van der Waals surface area (Å²) in [6.45, 7) is 9.03. The molecule has 1 aromatic heterocycles. The van der Waals surface area contributed by atoms with Crippen LogP contribution in [0.2, 0.25) is 0 Å². The summed E-state index contributed by atoms with van der Waals surface area (Å²) < 4.78 is 5.23. The average molecular weight is 370 g/mol. The minimum atomic E-state index is -0.126. The third kappa shape index (κ3) is 7.56. The predicted octanol–water partition coefficient (Wildman–Crippen LogP) is 3.31. The zero-order chi connectivity index (χ0) is 19.5. The van der Waals surface area contributed by atoms with Crippen molar-refractivity contribution in [2.45, 2.75) is 40.3 Å². The van der Waals surface area contributed by atoms with E-state index in [1.807, 2.05) is 31.2 Å². The second-order valence-corrected chi connectivity index (χ2v) is 6.77. The largest absolute Gasteiger partial charge is 0.467 e. The summed E-state index contributed by atoms with van der Waals surface area (Å²) in [6.07, 6.45) is 2.69. The van der Waals surface area contributed by atoms with E-state index < -0.39 is 0 Å². The Balaban J connectivity index is 1.93. The van der Waals surface area contributed by atoms with E-state index in [0.717, 1.165) is 36.8 Å². The highest BCUT2D eigenvalue weighted by molar-refractivity contribution is 5.94. The van der Waals surface area contributed by atoms with E-state index in [0.29, 0.717) is 24.6 Å². The molecular weight excluding hydrogens is 340 g/mol. The Labute approximate surface area is 161 Å². The predicted molar refractivity (Wildman–Crippen MR) is 109 cm³/mol. The number of hydrogen-bond donors (Lipinski definition) is 3. The van der Waals surface area contributed by atoms with Crippen LogP contribution in [-0.2, 0) is 13.1 Å². The molecule has 0 aliphatic carbocycles. The fraction of sp³-hybridized carbons (Fsp3) is 0.429. The number of hydrogen-bond acceptors (Lipinski definition) is 3. The van der Waals surface area contributed by atoms with Gasteiger partial charge in [-0.3, -0.25) is 4.79 Å². The number of aliphatic imine (C=N–C) groups is 1. The van der Waals surface area contributed by atoms with E-state index in [1.54, 1.807) is 18.4 Å². The van der Waals surface area contributed by atoms with E-state index in [4.69, 9.17) is 4.42 Å². The molecule has 0 aliphatic heterocycles. The SMILES string of the molecule is CCNC(=NCc1cccc(C(=O)NCc2ccco2)c1)NCCC(C)C. The number of benzene rings is 1. The van der Waals surface area contributed by atoms with Gasteiger partial charge in [0.25, 0.3) is 5.91 Å². The number of guanidine groups is 1. The Kier molecular flexibility index (Phi) is 8.42. The maximum Gasteiger partial charge on any atom is 0.251 e. The van der Waals surface area contributed by atoms with Crippen LogP contribution in [0.15, 0.2) is 52.1 Å². The minimum Gasteiger partial charge on any atom is -0.467 e. The normalized spacial score (nSPS) is 11.5. The van der Waals surface area contributed by atoms with Crippen LogP contribution >= 0.6 is 0 Å². The summed E-state index contributed by atoms with van der Waals surface area (Å²) in [4.78, 5) is 16.9. The number of carbonyl (C=O) groups is 1. The summed E-state index contributed by atoms with van der Waals surface area (Å²) in [5.41, 5.74) is 1.61. The molecule has 1 amide bonds. The lowest BCUT2D eigenvalue weighted by Crippen LogP contribution is -2.38. The van der Waals surface area contributed by atoms with Crippen LogP contribution in [0.1, 0.15) is 48.9 Å². The highest BCUT2D eigenvalue weighted by Crippen LogP contribution is 2.08. The van der Waals surface area contributed by atoms with Crippen LogP contribution in [0.3, 0.4) is 0 Å². The summed E-state index contributed by atoms with van der Waals surface area (Å²) in [5.74, 6) is 2.05. The van der Waals surface area contributed by atoms with E-state index in [-0.39, 0.29) is 5.91 Å². The minimum absolute atomic E-state index is 0.126. The molecule has 0 radical (unpaired) electrons. The molecule has 0 atom stereocenters. The Morgan fingerprint density at radius 1 is 1.15 bits per heavy atom. The van der Waals surface area contributed by atoms with Gasteiger partial charge in [-0.2, -0.15) is 0 Å². The molecule has 1 aromatic carbocycles. The number of rotatable bonds is 9. The standard InChI is InChI=1S/C21H30N4O2/c1-4-22-21(23-11-10-16(2)3)25-14-17-7-5-8-18(13-17)20(26)24-15-19-9-6-12-27-19/h5-9,12-13,16H,4,10-11,14-15H2,1-3H3,(H,24,26)(H2,22,23,25). The number of amides is 1. The third-order valence-electron chi connectivity index (χ3n) is 3.97. The first kappa shape index (κ1) is 20.6. The van der Waals surface area contributed by atoms with Gasteiger partial charge >= 0.3 is 0 Å². The second kappa shape index (κ2) is 11.1. The van der Waals surface area contributed by atoms with Crippen LogP contribution in [0.4, 0.5) is 0 Å². The van der Waals surface area contributed by atoms with E-state index >= 15 is 0 Å². The van der Waals surface area contributed by atoms with Gasteiger partial charge in [-0.1, -0.05) is 26.0 Å². The van der Waals surface area contributed by atoms with Crippen molar-refractivity contribution in [3.05, 3.63) is 59.5 Å². The van der Waals surface area contributed by atoms with Crippen LogP contribution < -0.4 is 16.0 Å². The maximum absolute atomic E-state index is 12.3. The van der Waals surface area contributed by atoms with Gasteiger partial charge in [0.1, 0.15) is 5.76 Å². The Hall–Kier alpha value is -2.76. The molecule has 0 saturated heterocycles. The topological polar surface area (TPSA) is 78.7 Å². The lowest BCUT2D eigenvalue weighted by Gasteiger charge is -2.12. The Bertz CT molecular complexity index is 724. The Morgan fingerprint density at radius 3 is 2.70 bits per heavy atom. The molecule has 0 fully saturated rings. The first-order chi connectivity index (χ1) is 13.1. The van der Waals surface area contributed by atoms with Crippen LogP contribution in [0, 0.1) is 5.92 Å². The van der Waals surface area contributed by atoms with E-state index in [9.17, 15) is 4.79 Å². The van der Waals surface area contributed by atoms with Crippen molar-refractivity contribution in [2.75, 3.05) is 13.1 Å². The lowest BCUT2D eigenvalue weighted by molar-refractivity contribution is 0.0948. The molecule has 146 valence electrons. The monoisotopic (exact) mass is 370 g/mol. The first-order valence-corrected chi connectivity index (χ1v) is 9.50. The Morgan fingerprint density at radius 2 is 2.00 bits per heavy atom. The average Bonchev–Trinajstić information content (AvgIpc) is 3.17. The molecule has 0 saturated carbocycles. The van der Waals surface area contributed by atoms with Crippen molar-refractivity contribution >= 4 is 11.9 Å². The van der Waals surface area contributed by atoms with Crippen molar-refractivity contribution in [2.24, 2.45) is 10.9 Å². The van der Waals surface area contributed by atoms with E-state index in [1.165, 1.54) is 0 Å². The van der Waals surface area contributed by atoms with Crippen LogP contribution in [0.5, 0.6) is 0 Å². The van der Waals surface area contributed by atoms with Gasteiger partial charge in [0, 0.05) is 18.7 Å². The van der Waals surface area contributed by atoms with Gasteiger partial charge in [0.2, 0.25) is 0 Å². The quantitative estimate of drug-likeness (QED) is 0.467. The van der Waals surface area contributed by atoms with Crippen molar-refractivity contribution in [1.29, 1.82) is 0 Å². The molecule has 6 heteroatoms. The van der Waals surface area contributed by atoms with Gasteiger partial charge in [0.15, 0.2) is 5.96 Å². The molecule has 2 aromatic rings. The number of furan rings is 1. The number of nitrogens with zero attached hydrogens (tertiary/aromatic N) is 1. The zero-order valence-corrected chi connectivity index (χ0v) is 16.4. The zero-order valence-electron chi connectivity index (χ0n) is 16.4. The lowest BCUT2D eigenvalue weighted by atomic mass is 10.1. The van der Waals surface area contributed by atoms with Crippen molar-refractivity contribution in [1.82, 2.24) is 16.0 Å². The van der Waals surface area contributed by atoms with Gasteiger partial charge in [-0.05, 0) is 49.1 Å². The molecular formula is C21H30N4O2. The van der Waals surface area contributed by atoms with Crippen molar-refractivity contribution < 1.29 is 9.21 Å². The molecule has 6 nitrogen and oxygen atoms in total. The summed E-state index contributed by atoms with van der Waals surface area (Å²) in [6, 6.07) is 11.2. The van der Waals surface area contributed by atoms with Gasteiger partial charge in [0.05, 0.1) is 19.4 Å². The van der Waals surface area contributed by atoms with Gasteiger partial charge in [-0.15, -0.1) is 0 Å². The first-order valence-electron chi connectivity index (χ1n) is 9.50. The number of carbonyl (C=O) groups excluding carboxylic acids is 1. The van der Waals surface area contributed by atoms with Crippen molar-refractivity contribution in [3.63, 3.8) is 0 Å².